The monoisotopic (exact) mass is 402 g/mol. The van der Waals surface area contributed by atoms with Crippen molar-refractivity contribution >= 4 is 23.7 Å². The number of nitrogens with one attached hydrogen (secondary N) is 1. The predicted molar refractivity (Wildman–Crippen MR) is 99.3 cm³/mol. The number of imide groups is 1. The minimum atomic E-state index is -2.30. The largest absolute Gasteiger partial charge is 0.504 e. The van der Waals surface area contributed by atoms with Crippen LogP contribution in [-0.4, -0.2) is 56.6 Å². The fourth-order valence-electron chi connectivity index (χ4n) is 3.31. The maximum Gasteiger partial charge on any atom is 0.405 e. The Kier molecular flexibility index (Phi) is 4.68. The molecule has 7 N–H and O–H groups in total. The van der Waals surface area contributed by atoms with Gasteiger partial charge in [0, 0.05) is 12.7 Å². The summed E-state index contributed by atoms with van der Waals surface area (Å²) in [5.41, 5.74) is 3.97. The quantitative estimate of drug-likeness (QED) is 0.405. The van der Waals surface area contributed by atoms with Gasteiger partial charge in [-0.05, 0) is 29.8 Å². The molecule has 1 heterocycles. The van der Waals surface area contributed by atoms with Crippen molar-refractivity contribution in [2.24, 2.45) is 5.73 Å². The first-order chi connectivity index (χ1) is 13.6. The molecular weight excluding hydrogens is 384 g/mol. The zero-order valence-electron chi connectivity index (χ0n) is 15.1. The molecule has 1 aliphatic heterocycles. The van der Waals surface area contributed by atoms with Crippen LogP contribution < -0.4 is 16.0 Å². The van der Waals surface area contributed by atoms with Crippen LogP contribution in [0.4, 0.5) is 15.3 Å². The number of carboxylic acid groups (broad SMARTS) is 1. The number of carbonyl (C=O) groups excluding carboxylic acids is 2. The van der Waals surface area contributed by atoms with Crippen molar-refractivity contribution in [1.29, 1.82) is 0 Å². The van der Waals surface area contributed by atoms with Crippen molar-refractivity contribution in [3.63, 3.8) is 0 Å². The second-order valence-electron chi connectivity index (χ2n) is 6.40. The molecule has 0 bridgehead atoms. The molecule has 29 heavy (non-hydrogen) atoms. The summed E-state index contributed by atoms with van der Waals surface area (Å²) in [6, 6.07) is 8.98. The molecule has 2 aromatic rings. The van der Waals surface area contributed by atoms with Crippen molar-refractivity contribution in [2.75, 3.05) is 11.9 Å². The minimum Gasteiger partial charge on any atom is -0.504 e. The molecule has 2 atom stereocenters. The molecule has 0 aromatic heterocycles. The SMILES string of the molecule is CN1C(=O)N(c2ccccc2)C(N)C(NC(=O)O)(c2cc(O)c(O)c(O)c2)C1=O. The number of urea groups is 1. The number of nitrogens with two attached hydrogens (primary N) is 1. The van der Waals surface area contributed by atoms with Gasteiger partial charge in [-0.15, -0.1) is 0 Å². The van der Waals surface area contributed by atoms with E-state index in [0.29, 0.717) is 4.90 Å². The molecule has 1 saturated heterocycles. The van der Waals surface area contributed by atoms with Gasteiger partial charge in [0.05, 0.1) is 0 Å². The van der Waals surface area contributed by atoms with Crippen LogP contribution in [0.2, 0.25) is 0 Å². The summed E-state index contributed by atoms with van der Waals surface area (Å²) in [5.74, 6) is -3.51. The fourth-order valence-corrected chi connectivity index (χ4v) is 3.31. The Bertz CT molecular complexity index is 974. The minimum absolute atomic E-state index is 0.273. The molecule has 0 aliphatic carbocycles. The van der Waals surface area contributed by atoms with Crippen LogP contribution in [0.25, 0.3) is 0 Å². The summed E-state index contributed by atoms with van der Waals surface area (Å²) in [6.07, 6.45) is -3.24. The van der Waals surface area contributed by atoms with E-state index in [1.165, 1.54) is 0 Å². The van der Waals surface area contributed by atoms with E-state index in [0.717, 1.165) is 24.1 Å². The van der Waals surface area contributed by atoms with Gasteiger partial charge in [0.25, 0.3) is 5.91 Å². The third kappa shape index (κ3) is 2.93. The molecule has 0 saturated carbocycles. The number of rotatable bonds is 3. The highest BCUT2D eigenvalue weighted by Gasteiger charge is 2.58. The number of benzene rings is 2. The van der Waals surface area contributed by atoms with Crippen LogP contribution >= 0.6 is 0 Å². The van der Waals surface area contributed by atoms with E-state index in [2.05, 4.69) is 0 Å². The zero-order valence-corrected chi connectivity index (χ0v) is 15.1. The highest BCUT2D eigenvalue weighted by molar-refractivity contribution is 6.11. The van der Waals surface area contributed by atoms with Crippen molar-refractivity contribution in [3.05, 3.63) is 48.0 Å². The van der Waals surface area contributed by atoms with Crippen LogP contribution in [0.1, 0.15) is 5.56 Å². The number of hydrogen-bond acceptors (Lipinski definition) is 7. The third-order valence-electron chi connectivity index (χ3n) is 4.72. The Hall–Kier alpha value is -3.99. The normalized spacial score (nSPS) is 21.9. The molecule has 2 aromatic carbocycles. The van der Waals surface area contributed by atoms with Gasteiger partial charge in [-0.3, -0.25) is 14.6 Å². The van der Waals surface area contributed by atoms with E-state index in [1.807, 2.05) is 5.32 Å². The van der Waals surface area contributed by atoms with Gasteiger partial charge >= 0.3 is 12.1 Å². The Labute approximate surface area is 164 Å². The lowest BCUT2D eigenvalue weighted by Gasteiger charge is -2.49. The summed E-state index contributed by atoms with van der Waals surface area (Å²) >= 11 is 0. The molecular formula is C18H18N4O7. The highest BCUT2D eigenvalue weighted by atomic mass is 16.4. The van der Waals surface area contributed by atoms with Crippen LogP contribution in [0.3, 0.4) is 0 Å². The van der Waals surface area contributed by atoms with Gasteiger partial charge in [-0.2, -0.15) is 0 Å². The number of phenols is 3. The van der Waals surface area contributed by atoms with Gasteiger partial charge in [0.15, 0.2) is 22.8 Å². The lowest BCUT2D eigenvalue weighted by Crippen LogP contribution is -2.76. The number of likely N-dealkylation sites (N-methyl/N-ethyl adjacent to an activating group) is 1. The van der Waals surface area contributed by atoms with Gasteiger partial charge in [0.2, 0.25) is 0 Å². The Morgan fingerprint density at radius 1 is 1.10 bits per heavy atom. The van der Waals surface area contributed by atoms with Gasteiger partial charge < -0.3 is 31.5 Å². The second kappa shape index (κ2) is 6.87. The smallest absolute Gasteiger partial charge is 0.405 e. The van der Waals surface area contributed by atoms with Gasteiger partial charge in [0.1, 0.15) is 6.17 Å². The Morgan fingerprint density at radius 2 is 1.66 bits per heavy atom. The molecule has 1 fully saturated rings. The molecule has 0 spiro atoms. The first kappa shape index (κ1) is 19.8. The summed E-state index contributed by atoms with van der Waals surface area (Å²) in [5, 5.41) is 40.9. The van der Waals surface area contributed by atoms with Gasteiger partial charge in [-0.1, -0.05) is 18.2 Å². The van der Waals surface area contributed by atoms with Crippen LogP contribution in [0, 0.1) is 0 Å². The van der Waals surface area contributed by atoms with Crippen LogP contribution in [0.5, 0.6) is 17.2 Å². The van der Waals surface area contributed by atoms with Crippen molar-refractivity contribution in [3.8, 4) is 17.2 Å². The van der Waals surface area contributed by atoms with Crippen LogP contribution in [-0.2, 0) is 10.3 Å². The fraction of sp³-hybridized carbons (Fsp3) is 0.167. The number of nitrogens with zero attached hydrogens (tertiary/aromatic N) is 2. The summed E-state index contributed by atoms with van der Waals surface area (Å²) < 4.78 is 0. The number of anilines is 1. The average molecular weight is 402 g/mol. The first-order valence-corrected chi connectivity index (χ1v) is 8.29. The number of carbonyl (C=O) groups is 3. The number of phenolic OH excluding ortho intramolecular Hbond substituents is 3. The summed E-state index contributed by atoms with van der Waals surface area (Å²) in [6.45, 7) is 0. The molecule has 1 aliphatic rings. The predicted octanol–water partition coefficient (Wildman–Crippen LogP) is 0.650. The van der Waals surface area contributed by atoms with Crippen molar-refractivity contribution in [1.82, 2.24) is 10.2 Å². The van der Waals surface area contributed by atoms with E-state index in [9.17, 15) is 34.8 Å². The molecule has 11 heteroatoms. The Morgan fingerprint density at radius 3 is 2.17 bits per heavy atom. The topological polar surface area (TPSA) is 177 Å². The van der Waals surface area contributed by atoms with E-state index in [1.54, 1.807) is 30.3 Å². The molecule has 152 valence electrons. The maximum absolute atomic E-state index is 13.1. The molecule has 0 radical (unpaired) electrons. The van der Waals surface area contributed by atoms with Crippen molar-refractivity contribution < 1.29 is 34.8 Å². The van der Waals surface area contributed by atoms with E-state index >= 15 is 0 Å². The lowest BCUT2D eigenvalue weighted by molar-refractivity contribution is -0.137. The maximum atomic E-state index is 13.1. The van der Waals surface area contributed by atoms with E-state index in [-0.39, 0.29) is 11.3 Å². The number of aromatic hydroxyl groups is 3. The zero-order chi connectivity index (χ0) is 21.5. The molecule has 2 unspecified atom stereocenters. The summed E-state index contributed by atoms with van der Waals surface area (Å²) in [7, 11) is 1.14. The summed E-state index contributed by atoms with van der Waals surface area (Å²) in [4.78, 5) is 39.2. The number of hydrogen-bond donors (Lipinski definition) is 6. The second-order valence-corrected chi connectivity index (χ2v) is 6.40. The molecule has 3 rings (SSSR count). The molecule has 11 nitrogen and oxygen atoms in total. The Balaban J connectivity index is 2.30. The van der Waals surface area contributed by atoms with E-state index in [4.69, 9.17) is 5.73 Å². The highest BCUT2D eigenvalue weighted by Crippen LogP contribution is 2.42. The number of amides is 4. The van der Waals surface area contributed by atoms with Gasteiger partial charge in [-0.25, -0.2) is 9.59 Å². The molecule has 4 amide bonds. The van der Waals surface area contributed by atoms with E-state index < -0.39 is 47.0 Å². The average Bonchev–Trinajstić information content (AvgIpc) is 2.68. The van der Waals surface area contributed by atoms with Crippen molar-refractivity contribution in [2.45, 2.75) is 11.7 Å². The van der Waals surface area contributed by atoms with Crippen LogP contribution in [0.15, 0.2) is 42.5 Å². The standard InChI is InChI=1S/C18H18N4O7/c1-21-15(26)18(20-16(27)28,9-7-11(23)13(25)12(24)8-9)14(19)22(17(21)29)10-5-3-2-4-6-10/h2-8,14,20,23-25H,19H2,1H3,(H,27,28). The third-order valence-corrected chi connectivity index (χ3v) is 4.72. The lowest BCUT2D eigenvalue weighted by atomic mass is 9.82. The first-order valence-electron chi connectivity index (χ1n) is 8.29. The number of para-hydroxylation sites is 1.